The highest BCUT2D eigenvalue weighted by Crippen LogP contribution is 2.43. The fourth-order valence-corrected chi connectivity index (χ4v) is 2.99. The lowest BCUT2D eigenvalue weighted by Gasteiger charge is -2.39. The second-order valence-corrected chi connectivity index (χ2v) is 5.49. The SMILES string of the molecule is O=[N+]1CCC2(CCc3c(OC(F)(F)F)cccc3O2)CC1. The first-order valence-electron chi connectivity index (χ1n) is 6.86. The Morgan fingerprint density at radius 2 is 1.90 bits per heavy atom. The van der Waals surface area contributed by atoms with Gasteiger partial charge >= 0.3 is 6.36 Å². The Hall–Kier alpha value is -1.79. The Labute approximate surface area is 119 Å². The molecule has 0 saturated carbocycles. The van der Waals surface area contributed by atoms with Crippen molar-refractivity contribution in [1.82, 2.24) is 0 Å². The van der Waals surface area contributed by atoms with E-state index < -0.39 is 12.0 Å². The average molecular weight is 302 g/mol. The maximum Gasteiger partial charge on any atom is 0.573 e. The largest absolute Gasteiger partial charge is 0.573 e. The molecule has 0 amide bonds. The number of nitroso groups, excluding NO2 is 1. The molecule has 21 heavy (non-hydrogen) atoms. The van der Waals surface area contributed by atoms with Gasteiger partial charge in [0.1, 0.15) is 17.1 Å². The van der Waals surface area contributed by atoms with E-state index in [0.717, 1.165) is 4.76 Å². The smallest absolute Gasteiger partial charge is 0.486 e. The number of hydrogen-bond donors (Lipinski definition) is 0. The summed E-state index contributed by atoms with van der Waals surface area (Å²) in [6.07, 6.45) is -2.45. The second-order valence-electron chi connectivity index (χ2n) is 5.49. The molecule has 0 N–H and O–H groups in total. The number of hydrogen-bond acceptors (Lipinski definition) is 3. The number of rotatable bonds is 1. The van der Waals surface area contributed by atoms with Crippen molar-refractivity contribution in [3.8, 4) is 11.5 Å². The van der Waals surface area contributed by atoms with Crippen LogP contribution in [0.1, 0.15) is 24.8 Å². The maximum atomic E-state index is 12.4. The number of alkyl halides is 3. The van der Waals surface area contributed by atoms with Crippen LogP contribution in [0.25, 0.3) is 0 Å². The topological polar surface area (TPSA) is 38.5 Å². The van der Waals surface area contributed by atoms with Gasteiger partial charge < -0.3 is 9.47 Å². The van der Waals surface area contributed by atoms with E-state index in [9.17, 15) is 18.1 Å². The van der Waals surface area contributed by atoms with Crippen LogP contribution >= 0.6 is 0 Å². The molecule has 0 bridgehead atoms. The first-order valence-corrected chi connectivity index (χ1v) is 6.86. The molecule has 0 radical (unpaired) electrons. The third-order valence-corrected chi connectivity index (χ3v) is 4.11. The van der Waals surface area contributed by atoms with Crippen LogP contribution in [0.5, 0.6) is 11.5 Å². The maximum absolute atomic E-state index is 12.4. The molecule has 2 heterocycles. The van der Waals surface area contributed by atoms with Crippen LogP contribution in [-0.4, -0.2) is 29.8 Å². The number of ether oxygens (including phenoxy) is 2. The van der Waals surface area contributed by atoms with Crippen molar-refractivity contribution in [2.75, 3.05) is 13.1 Å². The zero-order valence-corrected chi connectivity index (χ0v) is 11.3. The Morgan fingerprint density at radius 1 is 1.19 bits per heavy atom. The number of benzene rings is 1. The number of halogens is 3. The molecule has 0 aromatic heterocycles. The van der Waals surface area contributed by atoms with Crippen LogP contribution in [-0.2, 0) is 6.42 Å². The monoisotopic (exact) mass is 302 g/mol. The number of nitrogens with zero attached hydrogens (tertiary/aromatic N) is 1. The van der Waals surface area contributed by atoms with E-state index >= 15 is 0 Å². The molecule has 3 rings (SSSR count). The molecule has 2 aliphatic rings. The highest BCUT2D eigenvalue weighted by molar-refractivity contribution is 5.46. The number of piperidine rings is 1. The summed E-state index contributed by atoms with van der Waals surface area (Å²) in [7, 11) is 0. The predicted molar refractivity (Wildman–Crippen MR) is 67.4 cm³/mol. The van der Waals surface area contributed by atoms with E-state index in [2.05, 4.69) is 4.74 Å². The average Bonchev–Trinajstić information content (AvgIpc) is 2.41. The number of fused-ring (bicyclic) bond motifs is 1. The van der Waals surface area contributed by atoms with Gasteiger partial charge in [-0.15, -0.1) is 13.2 Å². The summed E-state index contributed by atoms with van der Waals surface area (Å²) in [4.78, 5) is 11.3. The third-order valence-electron chi connectivity index (χ3n) is 4.11. The molecule has 1 aromatic carbocycles. The minimum atomic E-state index is -4.71. The highest BCUT2D eigenvalue weighted by Gasteiger charge is 2.44. The van der Waals surface area contributed by atoms with Crippen LogP contribution in [0, 0.1) is 4.91 Å². The zero-order chi connectivity index (χ0) is 15.1. The fourth-order valence-electron chi connectivity index (χ4n) is 2.99. The van der Waals surface area contributed by atoms with Crippen molar-refractivity contribution in [1.29, 1.82) is 0 Å². The minimum absolute atomic E-state index is 0.198. The van der Waals surface area contributed by atoms with Gasteiger partial charge in [-0.3, -0.25) is 0 Å². The summed E-state index contributed by atoms with van der Waals surface area (Å²) in [5, 5.41) is 0. The molecule has 1 saturated heterocycles. The van der Waals surface area contributed by atoms with E-state index in [4.69, 9.17) is 4.74 Å². The van der Waals surface area contributed by atoms with Gasteiger partial charge in [-0.2, -0.15) is 0 Å². The first kappa shape index (κ1) is 14.2. The first-order chi connectivity index (χ1) is 9.87. The van der Waals surface area contributed by atoms with Crippen molar-refractivity contribution in [2.45, 2.75) is 37.6 Å². The van der Waals surface area contributed by atoms with E-state index in [0.29, 0.717) is 50.1 Å². The molecule has 1 spiro atoms. The van der Waals surface area contributed by atoms with Crippen LogP contribution in [0.2, 0.25) is 0 Å². The summed E-state index contributed by atoms with van der Waals surface area (Å²) < 4.78 is 48.2. The van der Waals surface area contributed by atoms with E-state index in [1.165, 1.54) is 12.1 Å². The predicted octanol–water partition coefficient (Wildman–Crippen LogP) is 3.22. The Bertz CT molecular complexity index is 561. The molecule has 1 fully saturated rings. The normalized spacial score (nSPS) is 20.8. The second kappa shape index (κ2) is 4.89. The van der Waals surface area contributed by atoms with Crippen LogP contribution in [0.3, 0.4) is 0 Å². The van der Waals surface area contributed by atoms with E-state index in [1.54, 1.807) is 6.07 Å². The molecular formula is C14H15F3NO3+. The summed E-state index contributed by atoms with van der Waals surface area (Å²) in [6.45, 7) is 0.794. The lowest BCUT2D eigenvalue weighted by molar-refractivity contribution is -0.565. The van der Waals surface area contributed by atoms with Gasteiger partial charge in [-0.05, 0) is 29.7 Å². The molecule has 0 unspecified atom stereocenters. The standard InChI is InChI=1S/C14H15F3NO3/c15-14(16,17)21-12-3-1-2-11-10(12)4-5-13(20-11)6-8-18(19)9-7-13/h1-3H,4-9H2/q+1. The molecule has 1 aromatic rings. The van der Waals surface area contributed by atoms with Gasteiger partial charge in [-0.1, -0.05) is 6.07 Å². The van der Waals surface area contributed by atoms with Gasteiger partial charge in [0.2, 0.25) is 0 Å². The molecule has 4 nitrogen and oxygen atoms in total. The Balaban J connectivity index is 1.84. The van der Waals surface area contributed by atoms with Crippen LogP contribution < -0.4 is 9.47 Å². The van der Waals surface area contributed by atoms with Gasteiger partial charge in [0.25, 0.3) is 0 Å². The van der Waals surface area contributed by atoms with Crippen molar-refractivity contribution in [3.63, 3.8) is 0 Å². The fraction of sp³-hybridized carbons (Fsp3) is 0.571. The van der Waals surface area contributed by atoms with Crippen molar-refractivity contribution < 1.29 is 27.4 Å². The third kappa shape index (κ3) is 2.96. The quantitative estimate of drug-likeness (QED) is 0.748. The summed E-state index contributed by atoms with van der Waals surface area (Å²) in [6, 6.07) is 4.44. The lowest BCUT2D eigenvalue weighted by Crippen LogP contribution is -2.46. The molecule has 114 valence electrons. The van der Waals surface area contributed by atoms with Crippen LogP contribution in [0.4, 0.5) is 13.2 Å². The molecule has 0 atom stereocenters. The molecule has 0 aliphatic carbocycles. The van der Waals surface area contributed by atoms with Gasteiger partial charge in [-0.25, -0.2) is 0 Å². The summed E-state index contributed by atoms with van der Waals surface area (Å²) >= 11 is 0. The Morgan fingerprint density at radius 3 is 2.57 bits per heavy atom. The van der Waals surface area contributed by atoms with Crippen molar-refractivity contribution in [2.24, 2.45) is 0 Å². The van der Waals surface area contributed by atoms with Gasteiger partial charge in [0.15, 0.2) is 13.1 Å². The van der Waals surface area contributed by atoms with Crippen molar-refractivity contribution >= 4 is 0 Å². The molecule has 2 aliphatic heterocycles. The summed E-state index contributed by atoms with van der Waals surface area (Å²) in [5.41, 5.74) is 0.0232. The molecular weight excluding hydrogens is 287 g/mol. The Kier molecular flexibility index (Phi) is 3.30. The van der Waals surface area contributed by atoms with Crippen molar-refractivity contribution in [3.05, 3.63) is 28.7 Å². The van der Waals surface area contributed by atoms with E-state index in [1.807, 2.05) is 0 Å². The van der Waals surface area contributed by atoms with Gasteiger partial charge in [0.05, 0.1) is 12.8 Å². The minimum Gasteiger partial charge on any atom is -0.486 e. The van der Waals surface area contributed by atoms with E-state index in [-0.39, 0.29) is 5.75 Å². The highest BCUT2D eigenvalue weighted by atomic mass is 19.4. The van der Waals surface area contributed by atoms with Crippen LogP contribution in [0.15, 0.2) is 18.2 Å². The van der Waals surface area contributed by atoms with Gasteiger partial charge in [0, 0.05) is 10.5 Å². The molecule has 7 heteroatoms. The zero-order valence-electron chi connectivity index (χ0n) is 11.3. The lowest BCUT2D eigenvalue weighted by atomic mass is 9.83. The summed E-state index contributed by atoms with van der Waals surface area (Å²) in [5.74, 6) is 0.235.